The molecule has 1 atom stereocenters. The molecule has 0 aromatic carbocycles. The fraction of sp³-hybridized carbons (Fsp3) is 0.933. The van der Waals surface area contributed by atoms with Crippen molar-refractivity contribution < 1.29 is 9.90 Å². The standard InChI is InChI=1S/C15H29NO2/c1-11(2)9-15(4,18)10-16-14(17)13-7-5-12(3)6-8-13/h11-13,18H,5-10H2,1-4H3,(H,16,17). The van der Waals surface area contributed by atoms with Crippen LogP contribution in [-0.4, -0.2) is 23.2 Å². The zero-order valence-corrected chi connectivity index (χ0v) is 12.3. The van der Waals surface area contributed by atoms with E-state index < -0.39 is 5.60 Å². The van der Waals surface area contributed by atoms with E-state index in [1.165, 1.54) is 0 Å². The van der Waals surface area contributed by atoms with Gasteiger partial charge in [0.1, 0.15) is 0 Å². The van der Waals surface area contributed by atoms with E-state index in [0.29, 0.717) is 12.5 Å². The second-order valence-corrected chi connectivity index (χ2v) is 6.77. The Morgan fingerprint density at radius 3 is 2.39 bits per heavy atom. The smallest absolute Gasteiger partial charge is 0.223 e. The Bertz CT molecular complexity index is 266. The van der Waals surface area contributed by atoms with Gasteiger partial charge >= 0.3 is 0 Å². The zero-order chi connectivity index (χ0) is 13.8. The van der Waals surface area contributed by atoms with Crippen LogP contribution in [-0.2, 0) is 4.79 Å². The van der Waals surface area contributed by atoms with E-state index in [2.05, 4.69) is 26.1 Å². The lowest BCUT2D eigenvalue weighted by atomic mass is 9.82. The minimum atomic E-state index is -0.786. The molecule has 1 aliphatic carbocycles. The van der Waals surface area contributed by atoms with Crippen LogP contribution in [0.2, 0.25) is 0 Å². The maximum Gasteiger partial charge on any atom is 0.223 e. The van der Waals surface area contributed by atoms with E-state index >= 15 is 0 Å². The summed E-state index contributed by atoms with van der Waals surface area (Å²) < 4.78 is 0. The number of hydrogen-bond acceptors (Lipinski definition) is 2. The summed E-state index contributed by atoms with van der Waals surface area (Å²) in [7, 11) is 0. The lowest BCUT2D eigenvalue weighted by molar-refractivity contribution is -0.127. The van der Waals surface area contributed by atoms with E-state index in [1.54, 1.807) is 6.92 Å². The Balaban J connectivity index is 2.32. The first-order valence-corrected chi connectivity index (χ1v) is 7.30. The van der Waals surface area contributed by atoms with Crippen LogP contribution in [0.25, 0.3) is 0 Å². The summed E-state index contributed by atoms with van der Waals surface area (Å²) in [6.07, 6.45) is 5.02. The van der Waals surface area contributed by atoms with Crippen molar-refractivity contribution in [2.75, 3.05) is 6.54 Å². The molecule has 1 saturated carbocycles. The molecule has 0 saturated heterocycles. The van der Waals surface area contributed by atoms with Gasteiger partial charge in [0.05, 0.1) is 5.60 Å². The molecule has 0 heterocycles. The van der Waals surface area contributed by atoms with Crippen molar-refractivity contribution in [3.05, 3.63) is 0 Å². The predicted molar refractivity (Wildman–Crippen MR) is 74.2 cm³/mol. The van der Waals surface area contributed by atoms with Gasteiger partial charge < -0.3 is 10.4 Å². The van der Waals surface area contributed by atoms with Gasteiger partial charge in [-0.3, -0.25) is 4.79 Å². The van der Waals surface area contributed by atoms with Gasteiger partial charge in [0, 0.05) is 12.5 Å². The molecule has 1 rings (SSSR count). The molecule has 0 radical (unpaired) electrons. The van der Waals surface area contributed by atoms with Crippen molar-refractivity contribution in [3.8, 4) is 0 Å². The summed E-state index contributed by atoms with van der Waals surface area (Å²) >= 11 is 0. The first-order chi connectivity index (χ1) is 8.30. The fourth-order valence-electron chi connectivity index (χ4n) is 2.90. The summed E-state index contributed by atoms with van der Waals surface area (Å²) in [5, 5.41) is 13.1. The van der Waals surface area contributed by atoms with Crippen molar-refractivity contribution in [2.24, 2.45) is 17.8 Å². The van der Waals surface area contributed by atoms with Crippen molar-refractivity contribution in [3.63, 3.8) is 0 Å². The topological polar surface area (TPSA) is 49.3 Å². The van der Waals surface area contributed by atoms with Gasteiger partial charge in [0.25, 0.3) is 0 Å². The number of carbonyl (C=O) groups is 1. The molecule has 18 heavy (non-hydrogen) atoms. The molecular weight excluding hydrogens is 226 g/mol. The molecule has 2 N–H and O–H groups in total. The molecular formula is C15H29NO2. The number of hydrogen-bond donors (Lipinski definition) is 2. The highest BCUT2D eigenvalue weighted by Gasteiger charge is 2.27. The summed E-state index contributed by atoms with van der Waals surface area (Å²) in [5.41, 5.74) is -0.786. The van der Waals surface area contributed by atoms with Crippen LogP contribution < -0.4 is 5.32 Å². The first kappa shape index (κ1) is 15.5. The van der Waals surface area contributed by atoms with Crippen LogP contribution in [0.4, 0.5) is 0 Å². The lowest BCUT2D eigenvalue weighted by Gasteiger charge is -2.29. The Morgan fingerprint density at radius 2 is 1.89 bits per heavy atom. The van der Waals surface area contributed by atoms with Gasteiger partial charge in [-0.2, -0.15) is 0 Å². The van der Waals surface area contributed by atoms with Gasteiger partial charge in [-0.1, -0.05) is 20.8 Å². The number of amides is 1. The van der Waals surface area contributed by atoms with Gasteiger partial charge in [0.2, 0.25) is 5.91 Å². The highest BCUT2D eigenvalue weighted by atomic mass is 16.3. The van der Waals surface area contributed by atoms with Crippen LogP contribution >= 0.6 is 0 Å². The number of rotatable bonds is 5. The van der Waals surface area contributed by atoms with E-state index in [0.717, 1.165) is 38.0 Å². The van der Waals surface area contributed by atoms with E-state index in [4.69, 9.17) is 0 Å². The minimum Gasteiger partial charge on any atom is -0.388 e. The van der Waals surface area contributed by atoms with Crippen molar-refractivity contribution >= 4 is 5.91 Å². The average Bonchev–Trinajstić information content (AvgIpc) is 2.25. The van der Waals surface area contributed by atoms with Crippen molar-refractivity contribution in [1.82, 2.24) is 5.32 Å². The first-order valence-electron chi connectivity index (χ1n) is 7.30. The summed E-state index contributed by atoms with van der Waals surface area (Å²) in [5.74, 6) is 1.49. The molecule has 0 bridgehead atoms. The third kappa shape index (κ3) is 5.38. The normalized spacial score (nSPS) is 27.9. The Hall–Kier alpha value is -0.570. The molecule has 1 aliphatic rings. The molecule has 3 nitrogen and oxygen atoms in total. The van der Waals surface area contributed by atoms with E-state index in [9.17, 15) is 9.90 Å². The Kier molecular flexibility index (Phi) is 5.64. The third-order valence-corrected chi connectivity index (χ3v) is 3.88. The third-order valence-electron chi connectivity index (χ3n) is 3.88. The maximum absolute atomic E-state index is 12.0. The molecule has 0 aromatic rings. The van der Waals surface area contributed by atoms with Gasteiger partial charge in [0.15, 0.2) is 0 Å². The molecule has 1 fully saturated rings. The van der Waals surface area contributed by atoms with E-state index in [1.807, 2.05) is 0 Å². The van der Waals surface area contributed by atoms with Crippen LogP contribution in [0.15, 0.2) is 0 Å². The van der Waals surface area contributed by atoms with Crippen molar-refractivity contribution in [2.45, 2.75) is 65.4 Å². The maximum atomic E-state index is 12.0. The molecule has 1 unspecified atom stereocenters. The van der Waals surface area contributed by atoms with Gasteiger partial charge in [-0.15, -0.1) is 0 Å². The van der Waals surface area contributed by atoms with Crippen LogP contribution in [0, 0.1) is 17.8 Å². The molecule has 3 heteroatoms. The Morgan fingerprint density at radius 1 is 1.33 bits per heavy atom. The van der Waals surface area contributed by atoms with Gasteiger partial charge in [-0.25, -0.2) is 0 Å². The summed E-state index contributed by atoms with van der Waals surface area (Å²) in [4.78, 5) is 12.0. The average molecular weight is 255 g/mol. The summed E-state index contributed by atoms with van der Waals surface area (Å²) in [6.45, 7) is 8.59. The highest BCUT2D eigenvalue weighted by Crippen LogP contribution is 2.28. The quantitative estimate of drug-likeness (QED) is 0.793. The van der Waals surface area contributed by atoms with Gasteiger partial charge in [-0.05, 0) is 50.9 Å². The predicted octanol–water partition coefficient (Wildman–Crippen LogP) is 2.73. The molecule has 0 aliphatic heterocycles. The number of nitrogens with one attached hydrogen (secondary N) is 1. The number of aliphatic hydroxyl groups is 1. The lowest BCUT2D eigenvalue weighted by Crippen LogP contribution is -2.44. The SMILES string of the molecule is CC(C)CC(C)(O)CNC(=O)C1CCC(C)CC1. The van der Waals surface area contributed by atoms with Crippen LogP contribution in [0.3, 0.4) is 0 Å². The zero-order valence-electron chi connectivity index (χ0n) is 12.3. The largest absolute Gasteiger partial charge is 0.388 e. The molecule has 106 valence electrons. The fourth-order valence-corrected chi connectivity index (χ4v) is 2.90. The molecule has 1 amide bonds. The Labute approximate surface area is 111 Å². The van der Waals surface area contributed by atoms with E-state index in [-0.39, 0.29) is 11.8 Å². The van der Waals surface area contributed by atoms with Crippen molar-refractivity contribution in [1.29, 1.82) is 0 Å². The van der Waals surface area contributed by atoms with Crippen LogP contribution in [0.5, 0.6) is 0 Å². The monoisotopic (exact) mass is 255 g/mol. The second kappa shape index (κ2) is 6.55. The second-order valence-electron chi connectivity index (χ2n) is 6.77. The minimum absolute atomic E-state index is 0.130. The number of carbonyl (C=O) groups excluding carboxylic acids is 1. The summed E-state index contributed by atoms with van der Waals surface area (Å²) in [6, 6.07) is 0. The molecule has 0 aromatic heterocycles. The van der Waals surface area contributed by atoms with Crippen LogP contribution in [0.1, 0.15) is 59.8 Å². The highest BCUT2D eigenvalue weighted by molar-refractivity contribution is 5.78. The molecule has 0 spiro atoms.